The summed E-state index contributed by atoms with van der Waals surface area (Å²) < 4.78 is 0. The zero-order valence-electron chi connectivity index (χ0n) is 21.0. The standard InChI is InChI=1S/C30H37ClN2O2/c1-3-5-6-12-25(34)13-9-11-23(10-4-2)27-20-21-29(32-27)30(35)33-28-15-8-7-14-26(28)22-16-18-24(31)19-17-22/h7-8,14-19,21,23H,3-6,9-13,20H2,1-2H3,(H,33,35). The van der Waals surface area contributed by atoms with Crippen molar-refractivity contribution in [1.29, 1.82) is 0 Å². The number of anilines is 1. The minimum Gasteiger partial charge on any atom is -0.320 e. The molecule has 1 aliphatic rings. The Morgan fingerprint density at radius 1 is 0.943 bits per heavy atom. The minimum atomic E-state index is -0.192. The fraction of sp³-hybridized carbons (Fsp3) is 0.433. The summed E-state index contributed by atoms with van der Waals surface area (Å²) >= 11 is 6.03. The number of rotatable bonds is 14. The number of carbonyl (C=O) groups excluding carboxylic acids is 2. The number of hydrogen-bond acceptors (Lipinski definition) is 3. The quantitative estimate of drug-likeness (QED) is 0.269. The summed E-state index contributed by atoms with van der Waals surface area (Å²) in [7, 11) is 0. The van der Waals surface area contributed by atoms with E-state index in [0.29, 0.717) is 41.7 Å². The van der Waals surface area contributed by atoms with Gasteiger partial charge in [0, 0.05) is 41.2 Å². The number of unbranched alkanes of at least 4 members (excludes halogenated alkanes) is 2. The van der Waals surface area contributed by atoms with Crippen molar-refractivity contribution in [2.75, 3.05) is 5.32 Å². The molecule has 1 N–H and O–H groups in total. The first kappa shape index (κ1) is 26.9. The van der Waals surface area contributed by atoms with Crippen molar-refractivity contribution in [3.05, 3.63) is 65.3 Å². The van der Waals surface area contributed by atoms with Crippen LogP contribution in [0, 0.1) is 5.92 Å². The molecule has 2 aromatic rings. The van der Waals surface area contributed by atoms with Gasteiger partial charge in [-0.1, -0.05) is 75.0 Å². The maximum Gasteiger partial charge on any atom is 0.273 e. The Kier molecular flexibility index (Phi) is 10.7. The van der Waals surface area contributed by atoms with E-state index in [4.69, 9.17) is 16.6 Å². The van der Waals surface area contributed by atoms with Gasteiger partial charge in [-0.25, -0.2) is 0 Å². The molecule has 0 fully saturated rings. The van der Waals surface area contributed by atoms with Crippen LogP contribution in [0.3, 0.4) is 0 Å². The Balaban J connectivity index is 1.60. The van der Waals surface area contributed by atoms with Crippen molar-refractivity contribution < 1.29 is 9.59 Å². The van der Waals surface area contributed by atoms with E-state index in [2.05, 4.69) is 19.2 Å². The zero-order chi connectivity index (χ0) is 25.0. The average Bonchev–Trinajstić information content (AvgIpc) is 3.35. The Morgan fingerprint density at radius 3 is 2.43 bits per heavy atom. The van der Waals surface area contributed by atoms with Crippen molar-refractivity contribution in [1.82, 2.24) is 0 Å². The highest BCUT2D eigenvalue weighted by Gasteiger charge is 2.22. The van der Waals surface area contributed by atoms with E-state index in [1.54, 1.807) is 0 Å². The number of halogens is 1. The molecule has 0 saturated carbocycles. The third kappa shape index (κ3) is 8.17. The second-order valence-corrected chi connectivity index (χ2v) is 9.71. The largest absolute Gasteiger partial charge is 0.320 e. The molecule has 1 atom stereocenters. The molecule has 186 valence electrons. The van der Waals surface area contributed by atoms with Gasteiger partial charge in [0.2, 0.25) is 0 Å². The smallest absolute Gasteiger partial charge is 0.273 e. The highest BCUT2D eigenvalue weighted by atomic mass is 35.5. The lowest BCUT2D eigenvalue weighted by Gasteiger charge is -2.16. The van der Waals surface area contributed by atoms with Crippen LogP contribution in [-0.2, 0) is 9.59 Å². The third-order valence-corrected chi connectivity index (χ3v) is 6.76. The van der Waals surface area contributed by atoms with Crippen molar-refractivity contribution in [3.8, 4) is 11.1 Å². The van der Waals surface area contributed by atoms with Crippen LogP contribution < -0.4 is 5.32 Å². The molecule has 1 aliphatic heterocycles. The molecule has 0 bridgehead atoms. The van der Waals surface area contributed by atoms with Crippen LogP contribution >= 0.6 is 11.6 Å². The number of nitrogens with zero attached hydrogens (tertiary/aromatic N) is 1. The Hall–Kier alpha value is -2.72. The molecule has 1 unspecified atom stereocenters. The van der Waals surface area contributed by atoms with Gasteiger partial charge in [-0.15, -0.1) is 0 Å². The number of aliphatic imine (C=N–C) groups is 1. The van der Waals surface area contributed by atoms with E-state index in [1.165, 1.54) is 0 Å². The summed E-state index contributed by atoms with van der Waals surface area (Å²) in [5.41, 5.74) is 4.22. The molecule has 0 saturated heterocycles. The van der Waals surface area contributed by atoms with Gasteiger partial charge in [0.05, 0.1) is 0 Å². The van der Waals surface area contributed by atoms with Crippen molar-refractivity contribution in [3.63, 3.8) is 0 Å². The van der Waals surface area contributed by atoms with Gasteiger partial charge < -0.3 is 5.32 Å². The summed E-state index contributed by atoms with van der Waals surface area (Å²) in [6.45, 7) is 4.33. The molecule has 0 aromatic heterocycles. The number of carbonyl (C=O) groups is 2. The van der Waals surface area contributed by atoms with Crippen LogP contribution in [-0.4, -0.2) is 17.4 Å². The number of benzene rings is 2. The Bertz CT molecular complexity index is 1060. The number of amides is 1. The first-order chi connectivity index (χ1) is 17.0. The van der Waals surface area contributed by atoms with E-state index in [9.17, 15) is 9.59 Å². The predicted octanol–water partition coefficient (Wildman–Crippen LogP) is 8.41. The lowest BCUT2D eigenvalue weighted by Crippen LogP contribution is -2.15. The number of para-hydroxylation sites is 1. The van der Waals surface area contributed by atoms with Gasteiger partial charge in [-0.05, 0) is 61.4 Å². The lowest BCUT2D eigenvalue weighted by molar-refractivity contribution is -0.119. The van der Waals surface area contributed by atoms with Gasteiger partial charge >= 0.3 is 0 Å². The molecular weight excluding hydrogens is 456 g/mol. The highest BCUT2D eigenvalue weighted by molar-refractivity contribution is 6.30. The van der Waals surface area contributed by atoms with E-state index >= 15 is 0 Å². The number of nitrogens with one attached hydrogen (secondary N) is 1. The van der Waals surface area contributed by atoms with E-state index in [-0.39, 0.29) is 5.91 Å². The van der Waals surface area contributed by atoms with Gasteiger partial charge in [0.15, 0.2) is 0 Å². The second kappa shape index (κ2) is 14.0. The SMILES string of the molecule is CCCCCC(=O)CCCC(CCC)C1=NC(C(=O)Nc2ccccc2-c2ccc(Cl)cc2)=CC1. The van der Waals surface area contributed by atoms with Crippen LogP contribution in [0.2, 0.25) is 5.02 Å². The molecule has 2 aromatic carbocycles. The number of allylic oxidation sites excluding steroid dienone is 1. The fourth-order valence-electron chi connectivity index (χ4n) is 4.58. The molecule has 5 heteroatoms. The molecule has 1 amide bonds. The Labute approximate surface area is 214 Å². The number of ketones is 1. The van der Waals surface area contributed by atoms with Crippen LogP contribution in [0.15, 0.2) is 65.3 Å². The molecule has 1 heterocycles. The minimum absolute atomic E-state index is 0.192. The predicted molar refractivity (Wildman–Crippen MR) is 147 cm³/mol. The molecule has 4 nitrogen and oxygen atoms in total. The fourth-order valence-corrected chi connectivity index (χ4v) is 4.70. The van der Waals surface area contributed by atoms with Gasteiger partial charge in [0.25, 0.3) is 5.91 Å². The summed E-state index contributed by atoms with van der Waals surface area (Å²) in [6, 6.07) is 15.3. The summed E-state index contributed by atoms with van der Waals surface area (Å²) in [5, 5.41) is 3.72. The maximum absolute atomic E-state index is 13.1. The van der Waals surface area contributed by atoms with Gasteiger partial charge in [-0.2, -0.15) is 0 Å². The van der Waals surface area contributed by atoms with Crippen molar-refractivity contribution in [2.24, 2.45) is 10.9 Å². The first-order valence-electron chi connectivity index (χ1n) is 13.0. The van der Waals surface area contributed by atoms with Crippen LogP contribution in [0.25, 0.3) is 11.1 Å². The van der Waals surface area contributed by atoms with Crippen LogP contribution in [0.4, 0.5) is 5.69 Å². The Morgan fingerprint density at radius 2 is 1.69 bits per heavy atom. The van der Waals surface area contributed by atoms with Crippen molar-refractivity contribution >= 4 is 34.7 Å². The molecular formula is C30H37ClN2O2. The molecule has 3 rings (SSSR count). The summed E-state index contributed by atoms with van der Waals surface area (Å²) in [4.78, 5) is 29.9. The molecule has 0 radical (unpaired) electrons. The van der Waals surface area contributed by atoms with Crippen LogP contribution in [0.5, 0.6) is 0 Å². The topological polar surface area (TPSA) is 58.5 Å². The molecule has 0 aliphatic carbocycles. The number of hydrogen-bond donors (Lipinski definition) is 1. The molecule has 0 spiro atoms. The zero-order valence-corrected chi connectivity index (χ0v) is 21.7. The normalized spacial score (nSPS) is 13.8. The van der Waals surface area contributed by atoms with Gasteiger partial charge in [-0.3, -0.25) is 14.6 Å². The summed E-state index contributed by atoms with van der Waals surface area (Å²) in [5.74, 6) is 0.508. The van der Waals surface area contributed by atoms with E-state index in [1.807, 2.05) is 54.6 Å². The van der Waals surface area contributed by atoms with E-state index < -0.39 is 0 Å². The van der Waals surface area contributed by atoms with Crippen LogP contribution in [0.1, 0.15) is 78.1 Å². The summed E-state index contributed by atoms with van der Waals surface area (Å²) in [6.07, 6.45) is 11.2. The lowest BCUT2D eigenvalue weighted by atomic mass is 9.90. The van der Waals surface area contributed by atoms with Gasteiger partial charge in [0.1, 0.15) is 11.5 Å². The van der Waals surface area contributed by atoms with Crippen molar-refractivity contribution in [2.45, 2.75) is 78.1 Å². The monoisotopic (exact) mass is 492 g/mol. The number of Topliss-reactive ketones (excluding diaryl/α,β-unsaturated/α-hetero) is 1. The first-order valence-corrected chi connectivity index (χ1v) is 13.3. The molecule has 35 heavy (non-hydrogen) atoms. The third-order valence-electron chi connectivity index (χ3n) is 6.51. The highest BCUT2D eigenvalue weighted by Crippen LogP contribution is 2.30. The maximum atomic E-state index is 13.1. The second-order valence-electron chi connectivity index (χ2n) is 9.28. The average molecular weight is 493 g/mol. The van der Waals surface area contributed by atoms with E-state index in [0.717, 1.165) is 67.5 Å².